The average molecular weight is 438 g/mol. The quantitative estimate of drug-likeness (QED) is 0.531. The van der Waals surface area contributed by atoms with Gasteiger partial charge in [-0.25, -0.2) is 0 Å². The number of amides is 1. The Labute approximate surface area is 190 Å². The van der Waals surface area contributed by atoms with Crippen LogP contribution in [0.15, 0.2) is 42.5 Å². The topological polar surface area (TPSA) is 87.8 Å². The standard InChI is InChI=1S/C26H35N3O3/c1-32-21-7-5-20(6-8-21)23-16-24(23)28-17-19-10-13-29(14-11-19)12-2-3-18-4-9-22(26(27)31)25(30)15-18/h4-9,15,19,23-24,28,30H,2-3,10-14,16-17H2,1H3,(H2,27,31). The number of methoxy groups -OCH3 is 1. The third kappa shape index (κ3) is 5.81. The SMILES string of the molecule is COc1ccc(C2CC2NCC2CCN(CCCc3ccc(C(N)=O)c(O)c3)CC2)cc1. The molecule has 1 aliphatic carbocycles. The van der Waals surface area contributed by atoms with Crippen molar-refractivity contribution in [3.8, 4) is 11.5 Å². The zero-order chi connectivity index (χ0) is 22.5. The Morgan fingerprint density at radius 1 is 1.19 bits per heavy atom. The normalized spacial score (nSPS) is 21.4. The molecule has 2 aliphatic rings. The molecule has 0 spiro atoms. The fraction of sp³-hybridized carbons (Fsp3) is 0.500. The number of nitrogens with one attached hydrogen (secondary N) is 1. The molecule has 2 unspecified atom stereocenters. The fourth-order valence-corrected chi connectivity index (χ4v) is 4.82. The van der Waals surface area contributed by atoms with Crippen LogP contribution in [0, 0.1) is 5.92 Å². The van der Waals surface area contributed by atoms with Crippen LogP contribution in [0.4, 0.5) is 0 Å². The summed E-state index contributed by atoms with van der Waals surface area (Å²) < 4.78 is 5.25. The van der Waals surface area contributed by atoms with Gasteiger partial charge in [0, 0.05) is 12.0 Å². The first-order chi connectivity index (χ1) is 15.5. The van der Waals surface area contributed by atoms with E-state index in [2.05, 4.69) is 34.5 Å². The van der Waals surface area contributed by atoms with Gasteiger partial charge in [0.1, 0.15) is 11.5 Å². The van der Waals surface area contributed by atoms with Crippen molar-refractivity contribution in [3.05, 3.63) is 59.2 Å². The Morgan fingerprint density at radius 3 is 2.59 bits per heavy atom. The number of benzene rings is 2. The van der Waals surface area contributed by atoms with E-state index in [-0.39, 0.29) is 11.3 Å². The number of nitrogens with two attached hydrogens (primary N) is 1. The summed E-state index contributed by atoms with van der Waals surface area (Å²) >= 11 is 0. The van der Waals surface area contributed by atoms with Gasteiger partial charge in [-0.3, -0.25) is 4.79 Å². The predicted octanol–water partition coefficient (Wildman–Crippen LogP) is 3.29. The first-order valence-electron chi connectivity index (χ1n) is 11.7. The van der Waals surface area contributed by atoms with Gasteiger partial charge in [0.05, 0.1) is 12.7 Å². The van der Waals surface area contributed by atoms with Crippen molar-refractivity contribution in [1.29, 1.82) is 0 Å². The summed E-state index contributed by atoms with van der Waals surface area (Å²) in [6, 6.07) is 14.3. The number of primary amides is 1. The van der Waals surface area contributed by atoms with E-state index in [1.54, 1.807) is 19.2 Å². The molecule has 172 valence electrons. The van der Waals surface area contributed by atoms with E-state index >= 15 is 0 Å². The molecule has 2 atom stereocenters. The number of hydrogen-bond donors (Lipinski definition) is 3. The second-order valence-corrected chi connectivity index (χ2v) is 9.23. The number of carbonyl (C=O) groups excluding carboxylic acids is 1. The zero-order valence-electron chi connectivity index (χ0n) is 18.9. The van der Waals surface area contributed by atoms with Crippen LogP contribution in [0.1, 0.15) is 53.1 Å². The molecule has 1 aliphatic heterocycles. The van der Waals surface area contributed by atoms with Crippen LogP contribution >= 0.6 is 0 Å². The van der Waals surface area contributed by atoms with E-state index in [1.165, 1.54) is 24.8 Å². The lowest BCUT2D eigenvalue weighted by Gasteiger charge is -2.32. The maximum absolute atomic E-state index is 11.2. The minimum absolute atomic E-state index is 0.0202. The number of hydrogen-bond acceptors (Lipinski definition) is 5. The molecule has 32 heavy (non-hydrogen) atoms. The molecule has 0 bridgehead atoms. The molecule has 2 fully saturated rings. The average Bonchev–Trinajstić information content (AvgIpc) is 3.58. The van der Waals surface area contributed by atoms with Gasteiger partial charge < -0.3 is 25.8 Å². The molecule has 6 heteroatoms. The van der Waals surface area contributed by atoms with Gasteiger partial charge in [0.2, 0.25) is 0 Å². The Kier molecular flexibility index (Phi) is 7.33. The second-order valence-electron chi connectivity index (χ2n) is 9.23. The summed E-state index contributed by atoms with van der Waals surface area (Å²) in [7, 11) is 1.71. The number of carbonyl (C=O) groups is 1. The van der Waals surface area contributed by atoms with Crippen molar-refractivity contribution in [1.82, 2.24) is 10.2 Å². The van der Waals surface area contributed by atoms with Crippen LogP contribution in [0.25, 0.3) is 0 Å². The van der Waals surface area contributed by atoms with Gasteiger partial charge in [-0.2, -0.15) is 0 Å². The third-order valence-corrected chi connectivity index (χ3v) is 6.98. The summed E-state index contributed by atoms with van der Waals surface area (Å²) in [5.41, 5.74) is 7.89. The molecule has 2 aromatic carbocycles. The lowest BCUT2D eigenvalue weighted by molar-refractivity contribution is 0.0997. The van der Waals surface area contributed by atoms with Gasteiger partial charge in [-0.15, -0.1) is 0 Å². The highest BCUT2D eigenvalue weighted by atomic mass is 16.5. The minimum atomic E-state index is -0.593. The van der Waals surface area contributed by atoms with Crippen molar-refractivity contribution in [3.63, 3.8) is 0 Å². The summed E-state index contributed by atoms with van der Waals surface area (Å²) in [4.78, 5) is 13.8. The van der Waals surface area contributed by atoms with Gasteiger partial charge in [-0.05, 0) is 99.6 Å². The van der Waals surface area contributed by atoms with Crippen molar-refractivity contribution in [2.24, 2.45) is 11.7 Å². The van der Waals surface area contributed by atoms with Crippen LogP contribution in [-0.2, 0) is 6.42 Å². The maximum atomic E-state index is 11.2. The van der Waals surface area contributed by atoms with Crippen molar-refractivity contribution >= 4 is 5.91 Å². The van der Waals surface area contributed by atoms with E-state index in [9.17, 15) is 9.90 Å². The molecule has 0 aromatic heterocycles. The highest BCUT2D eigenvalue weighted by molar-refractivity contribution is 5.95. The van der Waals surface area contributed by atoms with E-state index in [0.29, 0.717) is 12.0 Å². The predicted molar refractivity (Wildman–Crippen MR) is 126 cm³/mol. The Bertz CT molecular complexity index is 907. The molecule has 6 nitrogen and oxygen atoms in total. The lowest BCUT2D eigenvalue weighted by Crippen LogP contribution is -2.38. The van der Waals surface area contributed by atoms with Crippen LogP contribution in [0.2, 0.25) is 0 Å². The number of likely N-dealkylation sites (tertiary alicyclic amines) is 1. The molecular weight excluding hydrogens is 402 g/mol. The molecule has 2 aromatic rings. The molecule has 1 amide bonds. The zero-order valence-corrected chi connectivity index (χ0v) is 18.9. The lowest BCUT2D eigenvalue weighted by atomic mass is 9.96. The van der Waals surface area contributed by atoms with E-state index in [0.717, 1.165) is 56.3 Å². The first-order valence-corrected chi connectivity index (χ1v) is 11.7. The Morgan fingerprint density at radius 2 is 1.94 bits per heavy atom. The van der Waals surface area contributed by atoms with Gasteiger partial charge in [0.15, 0.2) is 0 Å². The van der Waals surface area contributed by atoms with Gasteiger partial charge in [-0.1, -0.05) is 18.2 Å². The first kappa shape index (κ1) is 22.6. The molecule has 1 saturated heterocycles. The van der Waals surface area contributed by atoms with Gasteiger partial charge in [0.25, 0.3) is 5.91 Å². The van der Waals surface area contributed by atoms with Crippen molar-refractivity contribution < 1.29 is 14.6 Å². The molecule has 1 heterocycles. The monoisotopic (exact) mass is 437 g/mol. The van der Waals surface area contributed by atoms with Crippen LogP contribution in [0.5, 0.6) is 11.5 Å². The summed E-state index contributed by atoms with van der Waals surface area (Å²) in [6.07, 6.45) is 5.68. The summed E-state index contributed by atoms with van der Waals surface area (Å²) in [5.74, 6) is 1.72. The fourth-order valence-electron chi connectivity index (χ4n) is 4.82. The molecule has 4 rings (SSSR count). The number of phenols is 1. The molecule has 4 N–H and O–H groups in total. The largest absolute Gasteiger partial charge is 0.507 e. The molecule has 0 radical (unpaired) electrons. The molecule has 1 saturated carbocycles. The van der Waals surface area contributed by atoms with Crippen LogP contribution in [0.3, 0.4) is 0 Å². The number of nitrogens with zero attached hydrogens (tertiary/aromatic N) is 1. The Hall–Kier alpha value is -2.57. The maximum Gasteiger partial charge on any atom is 0.252 e. The van der Waals surface area contributed by atoms with E-state index in [1.807, 2.05) is 6.07 Å². The van der Waals surface area contributed by atoms with E-state index < -0.39 is 5.91 Å². The second kappa shape index (κ2) is 10.4. The number of ether oxygens (including phenoxy) is 1. The van der Waals surface area contributed by atoms with Crippen LogP contribution < -0.4 is 15.8 Å². The number of aromatic hydroxyl groups is 1. The Balaban J connectivity index is 1.11. The minimum Gasteiger partial charge on any atom is -0.507 e. The molecular formula is C26H35N3O3. The number of rotatable bonds is 10. The highest BCUT2D eigenvalue weighted by Gasteiger charge is 2.38. The summed E-state index contributed by atoms with van der Waals surface area (Å²) in [5, 5.41) is 13.7. The highest BCUT2D eigenvalue weighted by Crippen LogP contribution is 2.41. The smallest absolute Gasteiger partial charge is 0.252 e. The van der Waals surface area contributed by atoms with E-state index in [4.69, 9.17) is 10.5 Å². The van der Waals surface area contributed by atoms with Crippen LogP contribution in [-0.4, -0.2) is 55.2 Å². The number of aryl methyl sites for hydroxylation is 1. The summed E-state index contributed by atoms with van der Waals surface area (Å²) in [6.45, 7) is 4.51. The van der Waals surface area contributed by atoms with Crippen molar-refractivity contribution in [2.75, 3.05) is 33.3 Å². The van der Waals surface area contributed by atoms with Gasteiger partial charge >= 0.3 is 0 Å². The number of piperidine rings is 1. The third-order valence-electron chi connectivity index (χ3n) is 6.98. The van der Waals surface area contributed by atoms with Crippen molar-refractivity contribution in [2.45, 2.75) is 44.1 Å².